The molecule has 1 atom stereocenters. The lowest BCUT2D eigenvalue weighted by Gasteiger charge is -2.17. The fraction of sp³-hybridized carbons (Fsp3) is 0.278. The maximum Gasteiger partial charge on any atom is 0.231 e. The van der Waals surface area contributed by atoms with Crippen LogP contribution in [0.5, 0.6) is 0 Å². The summed E-state index contributed by atoms with van der Waals surface area (Å²) in [6.45, 7) is 1.81. The lowest BCUT2D eigenvalue weighted by atomic mass is 10.1. The van der Waals surface area contributed by atoms with E-state index in [0.29, 0.717) is 18.1 Å². The van der Waals surface area contributed by atoms with E-state index in [1.165, 1.54) is 12.1 Å². The minimum atomic E-state index is -0.346. The minimum absolute atomic E-state index is 0.0424. The van der Waals surface area contributed by atoms with E-state index in [1.54, 1.807) is 6.07 Å². The van der Waals surface area contributed by atoms with Gasteiger partial charge < -0.3 is 10.2 Å². The van der Waals surface area contributed by atoms with Gasteiger partial charge >= 0.3 is 0 Å². The molecule has 0 aromatic heterocycles. The number of nitrogens with zero attached hydrogens (tertiary/aromatic N) is 1. The quantitative estimate of drug-likeness (QED) is 0.907. The molecule has 1 fully saturated rings. The molecule has 1 heterocycles. The van der Waals surface area contributed by atoms with Crippen molar-refractivity contribution in [2.45, 2.75) is 13.0 Å². The van der Waals surface area contributed by atoms with E-state index in [1.807, 2.05) is 35.2 Å². The van der Waals surface area contributed by atoms with Gasteiger partial charge in [-0.3, -0.25) is 4.79 Å². The molecule has 0 radical (unpaired) electrons. The SMILES string of the molecule is O=C1C(CNCc2cc(F)cc(Cl)c2)CCN1c1ccccc1. The number of nitrogens with one attached hydrogen (secondary N) is 1. The molecule has 2 aromatic carbocycles. The largest absolute Gasteiger partial charge is 0.312 e. The topological polar surface area (TPSA) is 32.3 Å². The number of hydrogen-bond donors (Lipinski definition) is 1. The van der Waals surface area contributed by atoms with Gasteiger partial charge in [0.2, 0.25) is 5.91 Å². The minimum Gasteiger partial charge on any atom is -0.312 e. The average Bonchev–Trinajstić information content (AvgIpc) is 2.88. The van der Waals surface area contributed by atoms with Crippen molar-refractivity contribution in [3.8, 4) is 0 Å². The summed E-state index contributed by atoms with van der Waals surface area (Å²) in [6.07, 6.45) is 0.824. The number of rotatable bonds is 5. The Morgan fingerprint density at radius 3 is 2.74 bits per heavy atom. The molecule has 0 aliphatic carbocycles. The average molecular weight is 333 g/mol. The predicted octanol–water partition coefficient (Wildman–Crippen LogP) is 3.62. The van der Waals surface area contributed by atoms with Gasteiger partial charge in [0, 0.05) is 30.3 Å². The number of anilines is 1. The van der Waals surface area contributed by atoms with Gasteiger partial charge in [0.05, 0.1) is 5.92 Å². The van der Waals surface area contributed by atoms with Crippen molar-refractivity contribution >= 4 is 23.2 Å². The number of benzene rings is 2. The van der Waals surface area contributed by atoms with Crippen molar-refractivity contribution < 1.29 is 9.18 Å². The maximum absolute atomic E-state index is 13.3. The highest BCUT2D eigenvalue weighted by atomic mass is 35.5. The summed E-state index contributed by atoms with van der Waals surface area (Å²) < 4.78 is 13.3. The summed E-state index contributed by atoms with van der Waals surface area (Å²) in [5.41, 5.74) is 1.72. The van der Waals surface area contributed by atoms with Crippen molar-refractivity contribution in [2.24, 2.45) is 5.92 Å². The van der Waals surface area contributed by atoms with Gasteiger partial charge in [0.1, 0.15) is 5.82 Å². The van der Waals surface area contributed by atoms with Crippen molar-refractivity contribution in [3.05, 3.63) is 64.9 Å². The van der Waals surface area contributed by atoms with Gasteiger partial charge in [0.15, 0.2) is 0 Å². The predicted molar refractivity (Wildman–Crippen MR) is 90.0 cm³/mol. The molecule has 1 unspecified atom stereocenters. The van der Waals surface area contributed by atoms with E-state index in [-0.39, 0.29) is 17.6 Å². The molecule has 0 spiro atoms. The molecule has 1 saturated heterocycles. The second-order valence-corrected chi connectivity index (χ2v) is 6.16. The zero-order valence-corrected chi connectivity index (χ0v) is 13.4. The van der Waals surface area contributed by atoms with Crippen LogP contribution in [0, 0.1) is 11.7 Å². The third-order valence-corrected chi connectivity index (χ3v) is 4.24. The van der Waals surface area contributed by atoms with Crippen LogP contribution in [0.25, 0.3) is 0 Å². The van der Waals surface area contributed by atoms with Crippen LogP contribution >= 0.6 is 11.6 Å². The first-order valence-corrected chi connectivity index (χ1v) is 8.03. The van der Waals surface area contributed by atoms with E-state index in [2.05, 4.69) is 5.32 Å². The molecule has 23 heavy (non-hydrogen) atoms. The van der Waals surface area contributed by atoms with Gasteiger partial charge in [-0.05, 0) is 42.3 Å². The molecule has 0 bridgehead atoms. The highest BCUT2D eigenvalue weighted by Crippen LogP contribution is 2.24. The summed E-state index contributed by atoms with van der Waals surface area (Å²) >= 11 is 5.84. The van der Waals surface area contributed by atoms with Crippen LogP contribution in [0.4, 0.5) is 10.1 Å². The molecule has 5 heteroatoms. The fourth-order valence-electron chi connectivity index (χ4n) is 2.90. The Balaban J connectivity index is 1.54. The van der Waals surface area contributed by atoms with Crippen LogP contribution in [-0.4, -0.2) is 19.0 Å². The number of amides is 1. The summed E-state index contributed by atoms with van der Waals surface area (Å²) in [5, 5.41) is 3.61. The number of carbonyl (C=O) groups excluding carboxylic acids is 1. The summed E-state index contributed by atoms with van der Waals surface area (Å²) in [7, 11) is 0. The van der Waals surface area contributed by atoms with Crippen molar-refractivity contribution in [3.63, 3.8) is 0 Å². The first-order valence-electron chi connectivity index (χ1n) is 7.65. The second-order valence-electron chi connectivity index (χ2n) is 5.72. The van der Waals surface area contributed by atoms with E-state index in [9.17, 15) is 9.18 Å². The zero-order chi connectivity index (χ0) is 16.2. The summed E-state index contributed by atoms with van der Waals surface area (Å²) in [5.74, 6) is -0.248. The molecule has 120 valence electrons. The Bertz CT molecular complexity index is 672. The number of hydrogen-bond acceptors (Lipinski definition) is 2. The monoisotopic (exact) mass is 332 g/mol. The van der Waals surface area contributed by atoms with Gasteiger partial charge in [0.25, 0.3) is 0 Å². The van der Waals surface area contributed by atoms with E-state index in [0.717, 1.165) is 24.2 Å². The van der Waals surface area contributed by atoms with Crippen LogP contribution in [0.1, 0.15) is 12.0 Å². The summed E-state index contributed by atoms with van der Waals surface area (Å²) in [6, 6.07) is 14.2. The third kappa shape index (κ3) is 3.89. The van der Waals surface area contributed by atoms with Crippen LogP contribution < -0.4 is 10.2 Å². The molecule has 1 aliphatic heterocycles. The van der Waals surface area contributed by atoms with Crippen LogP contribution in [0.15, 0.2) is 48.5 Å². The number of para-hydroxylation sites is 1. The fourth-order valence-corrected chi connectivity index (χ4v) is 3.14. The Hall–Kier alpha value is -1.91. The van der Waals surface area contributed by atoms with Crippen molar-refractivity contribution in [1.29, 1.82) is 0 Å². The molecular formula is C18H18ClFN2O. The smallest absolute Gasteiger partial charge is 0.231 e. The summed E-state index contributed by atoms with van der Waals surface area (Å²) in [4.78, 5) is 14.3. The van der Waals surface area contributed by atoms with Crippen LogP contribution in [0.3, 0.4) is 0 Å². The standard InChI is InChI=1S/C18H18ClFN2O/c19-15-8-13(9-16(20)10-15)11-21-12-14-6-7-22(18(14)23)17-4-2-1-3-5-17/h1-5,8-10,14,21H,6-7,11-12H2. The lowest BCUT2D eigenvalue weighted by Crippen LogP contribution is -2.31. The molecule has 2 aromatic rings. The second kappa shape index (κ2) is 7.11. The van der Waals surface area contributed by atoms with Gasteiger partial charge in [-0.15, -0.1) is 0 Å². The highest BCUT2D eigenvalue weighted by molar-refractivity contribution is 6.30. The number of halogens is 2. The van der Waals surface area contributed by atoms with Crippen molar-refractivity contribution in [1.82, 2.24) is 5.32 Å². The van der Waals surface area contributed by atoms with E-state index in [4.69, 9.17) is 11.6 Å². The van der Waals surface area contributed by atoms with Crippen molar-refractivity contribution in [2.75, 3.05) is 18.0 Å². The van der Waals surface area contributed by atoms with Gasteiger partial charge in [-0.2, -0.15) is 0 Å². The van der Waals surface area contributed by atoms with E-state index >= 15 is 0 Å². The third-order valence-electron chi connectivity index (χ3n) is 4.03. The normalized spacial score (nSPS) is 17.7. The van der Waals surface area contributed by atoms with Gasteiger partial charge in [-0.25, -0.2) is 4.39 Å². The first kappa shape index (κ1) is 16.0. The molecular weight excluding hydrogens is 315 g/mol. The molecule has 3 rings (SSSR count). The molecule has 1 amide bonds. The molecule has 1 N–H and O–H groups in total. The maximum atomic E-state index is 13.3. The van der Waals surface area contributed by atoms with E-state index < -0.39 is 0 Å². The molecule has 3 nitrogen and oxygen atoms in total. The Morgan fingerprint density at radius 2 is 2.00 bits per heavy atom. The van der Waals surface area contributed by atoms with Crippen LogP contribution in [0.2, 0.25) is 5.02 Å². The Morgan fingerprint density at radius 1 is 1.22 bits per heavy atom. The lowest BCUT2D eigenvalue weighted by molar-refractivity contribution is -0.120. The van der Waals surface area contributed by atoms with Crippen LogP contribution in [-0.2, 0) is 11.3 Å². The number of carbonyl (C=O) groups is 1. The first-order chi connectivity index (χ1) is 11.1. The van der Waals surface area contributed by atoms with Gasteiger partial charge in [-0.1, -0.05) is 29.8 Å². The Kier molecular flexibility index (Phi) is 4.94. The highest BCUT2D eigenvalue weighted by Gasteiger charge is 2.31. The molecule has 1 aliphatic rings. The zero-order valence-electron chi connectivity index (χ0n) is 12.6. The molecule has 0 saturated carbocycles. The Labute approximate surface area is 140 Å².